The van der Waals surface area contributed by atoms with Crippen LogP contribution in [-0.2, 0) is 50.7 Å². The van der Waals surface area contributed by atoms with E-state index < -0.39 is 89.7 Å². The molecule has 10 N–H and O–H groups in total. The molecule has 7 atom stereocenters. The molecule has 2 aromatic heterocycles. The highest BCUT2D eigenvalue weighted by molar-refractivity contribution is 8.14. The first-order chi connectivity index (χ1) is 24.6. The van der Waals surface area contributed by atoms with Crippen LogP contribution in [0.3, 0.4) is 0 Å². The monoisotopic (exact) mass is 839 g/mol. The lowest BCUT2D eigenvalue weighted by Crippen LogP contribution is -2.46. The molecule has 0 bridgehead atoms. The van der Waals surface area contributed by atoms with Gasteiger partial charge in [0.2, 0.25) is 16.9 Å². The number of hydrogen-bond donors (Lipinski definition) is 9. The number of phosphoric acid groups is 3. The van der Waals surface area contributed by atoms with Gasteiger partial charge in [-0.3, -0.25) is 32.5 Å². The lowest BCUT2D eigenvalue weighted by atomic mass is 9.87. The molecule has 1 aliphatic rings. The van der Waals surface area contributed by atoms with E-state index in [-0.39, 0.29) is 48.6 Å². The average Bonchev–Trinajstić information content (AvgIpc) is 3.61. The highest BCUT2D eigenvalue weighted by Crippen LogP contribution is 2.61. The largest absolute Gasteiger partial charge is 0.481 e. The van der Waals surface area contributed by atoms with Crippen molar-refractivity contribution in [2.75, 3.05) is 37.8 Å². The number of aliphatic hydroxyl groups excluding tert-OH is 2. The van der Waals surface area contributed by atoms with Crippen LogP contribution < -0.4 is 16.4 Å². The van der Waals surface area contributed by atoms with Crippen LogP contribution in [0.1, 0.15) is 26.5 Å². The molecule has 0 aliphatic carbocycles. The number of phosphoric ester groups is 3. The summed E-state index contributed by atoms with van der Waals surface area (Å²) in [6.45, 7) is 0.224. The summed E-state index contributed by atoms with van der Waals surface area (Å²) >= 11 is 0.768. The van der Waals surface area contributed by atoms with Crippen LogP contribution in [-0.4, -0.2) is 123 Å². The van der Waals surface area contributed by atoms with Gasteiger partial charge in [-0.1, -0.05) is 25.6 Å². The van der Waals surface area contributed by atoms with Crippen molar-refractivity contribution >= 4 is 69.1 Å². The minimum Gasteiger partial charge on any atom is -0.386 e. The lowest BCUT2D eigenvalue weighted by Gasteiger charge is -2.30. The molecule has 0 aromatic carbocycles. The van der Waals surface area contributed by atoms with Gasteiger partial charge in [-0.15, -0.1) is 0 Å². The number of fused-ring (bicyclic) bond motifs is 1. The number of nitrogens with zero attached hydrogens (tertiary/aromatic N) is 4. The van der Waals surface area contributed by atoms with Gasteiger partial charge < -0.3 is 50.9 Å². The van der Waals surface area contributed by atoms with Crippen molar-refractivity contribution in [1.29, 1.82) is 0 Å². The van der Waals surface area contributed by atoms with E-state index in [1.807, 2.05) is 0 Å². The van der Waals surface area contributed by atoms with Crippen molar-refractivity contribution < 1.29 is 84.9 Å². The highest BCUT2D eigenvalue weighted by atomic mass is 32.2. The molecular weight excluding hydrogens is 802 g/mol. The fourth-order valence-corrected chi connectivity index (χ4v) is 7.76. The third kappa shape index (κ3) is 13.5. The zero-order valence-electron chi connectivity index (χ0n) is 27.6. The lowest BCUT2D eigenvalue weighted by molar-refractivity contribution is -0.137. The second-order valence-corrected chi connectivity index (χ2v) is 16.9. The molecule has 2 amide bonds. The molecule has 29 heteroatoms. The zero-order valence-corrected chi connectivity index (χ0v) is 31.1. The third-order valence-corrected chi connectivity index (χ3v) is 10.9. The number of amides is 2. The first kappa shape index (κ1) is 44.6. The number of thioether (sulfide) groups is 1. The molecule has 298 valence electrons. The molecule has 53 heavy (non-hydrogen) atoms. The van der Waals surface area contributed by atoms with Crippen molar-refractivity contribution in [3.05, 3.63) is 25.1 Å². The van der Waals surface area contributed by atoms with Crippen molar-refractivity contribution in [1.82, 2.24) is 30.2 Å². The summed E-state index contributed by atoms with van der Waals surface area (Å²) in [6.07, 6.45) is -6.25. The third-order valence-electron chi connectivity index (χ3n) is 6.95. The molecule has 24 nitrogen and oxygen atoms in total. The van der Waals surface area contributed by atoms with Crippen LogP contribution in [0.5, 0.6) is 0 Å². The fraction of sp³-hybridized carbons (Fsp3) is 0.583. The highest BCUT2D eigenvalue weighted by Gasteiger charge is 2.50. The van der Waals surface area contributed by atoms with Gasteiger partial charge >= 0.3 is 23.5 Å². The van der Waals surface area contributed by atoms with Crippen LogP contribution in [0.2, 0.25) is 0 Å². The summed E-state index contributed by atoms with van der Waals surface area (Å²) < 4.78 is 73.7. The number of ether oxygens (including phenoxy) is 1. The van der Waals surface area contributed by atoms with Crippen LogP contribution in [0.15, 0.2) is 25.1 Å². The Balaban J connectivity index is 1.52. The Labute approximate surface area is 303 Å². The number of hydrogen-bond acceptors (Lipinski definition) is 18. The molecule has 0 spiro atoms. The predicted octanol–water partition coefficient (Wildman–Crippen LogP) is -0.852. The number of halogens is 1. The number of anilines is 1. The molecule has 3 heterocycles. The maximum atomic E-state index is 12.6. The minimum absolute atomic E-state index is 0.0218. The molecule has 0 radical (unpaired) electrons. The average molecular weight is 840 g/mol. The van der Waals surface area contributed by atoms with Crippen molar-refractivity contribution in [3.63, 3.8) is 0 Å². The van der Waals surface area contributed by atoms with E-state index in [1.165, 1.54) is 13.8 Å². The Morgan fingerprint density at radius 1 is 1.11 bits per heavy atom. The topological polar surface area (TPSA) is 364 Å². The summed E-state index contributed by atoms with van der Waals surface area (Å²) in [7, 11) is -16.4. The van der Waals surface area contributed by atoms with Gasteiger partial charge in [-0.05, 0) is 0 Å². The first-order valence-corrected chi connectivity index (χ1v) is 20.4. The second-order valence-electron chi connectivity index (χ2n) is 11.5. The zero-order chi connectivity index (χ0) is 39.8. The van der Waals surface area contributed by atoms with Gasteiger partial charge in [-0.25, -0.2) is 33.0 Å². The van der Waals surface area contributed by atoms with Crippen molar-refractivity contribution in [2.45, 2.75) is 50.9 Å². The first-order valence-electron chi connectivity index (χ1n) is 14.9. The number of nitrogen functional groups attached to an aromatic ring is 1. The van der Waals surface area contributed by atoms with Crippen LogP contribution in [0.25, 0.3) is 11.2 Å². The number of aliphatic hydroxyl groups is 2. The number of aromatic nitrogens is 4. The number of nitrogens with two attached hydrogens (primary N) is 1. The van der Waals surface area contributed by atoms with E-state index in [2.05, 4.69) is 34.4 Å². The normalized spacial score (nSPS) is 22.4. The minimum atomic E-state index is -5.58. The molecule has 1 saturated heterocycles. The standard InChI is InChI=1S/C24H37FN7O17P3S/c1-24(2,19(36)22(37)28-6-4-14(33)27-7-8-53-15(34)3-5-25)10-46-52(43,44)49-51(41,42)45-9-13-18(48-50(38,39)40)17(35)23(47-13)32-12-31-16-20(26)29-11-30-21(16)32/h3,5,11-13,17-19,23,35-36H,4,6-10H2,1-2H3,(H,27,33)(H,28,37)(H,41,42)(H,43,44)(H2,26,29,30)(H2,38,39,40)/t13-,17-,18-,19+,23-/m1/s1. The number of nitrogens with one attached hydrogen (secondary N) is 2. The summed E-state index contributed by atoms with van der Waals surface area (Å²) in [4.78, 5) is 86.3. The Morgan fingerprint density at radius 3 is 2.45 bits per heavy atom. The molecule has 3 rings (SSSR count). The molecule has 0 saturated carbocycles. The molecular formula is C24H37FN7O17P3S. The Kier molecular flexibility index (Phi) is 15.8. The van der Waals surface area contributed by atoms with E-state index in [1.54, 1.807) is 0 Å². The number of rotatable bonds is 20. The van der Waals surface area contributed by atoms with E-state index in [4.69, 9.17) is 19.5 Å². The predicted molar refractivity (Wildman–Crippen MR) is 177 cm³/mol. The van der Waals surface area contributed by atoms with Gasteiger partial charge in [0, 0.05) is 36.8 Å². The number of carbonyl (C=O) groups excluding carboxylic acids is 3. The van der Waals surface area contributed by atoms with Gasteiger partial charge in [0.25, 0.3) is 0 Å². The summed E-state index contributed by atoms with van der Waals surface area (Å²) in [5.74, 6) is -1.42. The molecule has 2 unspecified atom stereocenters. The smallest absolute Gasteiger partial charge is 0.386 e. The summed E-state index contributed by atoms with van der Waals surface area (Å²) in [5.41, 5.74) is 4.21. The van der Waals surface area contributed by atoms with Gasteiger partial charge in [0.1, 0.15) is 36.3 Å². The fourth-order valence-electron chi connectivity index (χ4n) is 4.38. The Bertz CT molecular complexity index is 1800. The van der Waals surface area contributed by atoms with Crippen LogP contribution in [0, 0.1) is 5.41 Å². The summed E-state index contributed by atoms with van der Waals surface area (Å²) in [6, 6.07) is 0. The summed E-state index contributed by atoms with van der Waals surface area (Å²) in [5, 5.41) is 25.5. The van der Waals surface area contributed by atoms with E-state index >= 15 is 0 Å². The van der Waals surface area contributed by atoms with Gasteiger partial charge in [0.05, 0.1) is 25.9 Å². The SMILES string of the molecule is CC(C)(COP(=O)(O)OP(=O)(O)OC[C@H]1O[C@@H](n2cnc3c(N)ncnc32)[C@H](O)[C@@H]1OP(=O)(O)O)[C@@H](O)C(=O)NCCC(=O)NCCSC(=O)C=CF. The van der Waals surface area contributed by atoms with E-state index in [0.717, 1.165) is 29.0 Å². The second kappa shape index (κ2) is 18.7. The van der Waals surface area contributed by atoms with Crippen molar-refractivity contribution in [3.8, 4) is 0 Å². The Morgan fingerprint density at radius 2 is 1.79 bits per heavy atom. The number of imidazole rings is 1. The quantitative estimate of drug-likeness (QED) is 0.0445. The maximum Gasteiger partial charge on any atom is 0.481 e. The molecule has 2 aromatic rings. The molecule has 1 aliphatic heterocycles. The van der Waals surface area contributed by atoms with E-state index in [0.29, 0.717) is 6.08 Å². The van der Waals surface area contributed by atoms with Gasteiger partial charge in [-0.2, -0.15) is 4.31 Å². The van der Waals surface area contributed by atoms with Gasteiger partial charge in [0.15, 0.2) is 17.7 Å². The molecule has 1 fully saturated rings. The van der Waals surface area contributed by atoms with Crippen LogP contribution in [0.4, 0.5) is 10.2 Å². The van der Waals surface area contributed by atoms with Crippen molar-refractivity contribution in [2.24, 2.45) is 5.41 Å². The number of carbonyl (C=O) groups is 3. The Hall–Kier alpha value is -2.77. The van der Waals surface area contributed by atoms with Crippen LogP contribution >= 0.6 is 35.2 Å². The van der Waals surface area contributed by atoms with E-state index in [9.17, 15) is 62.3 Å². The maximum absolute atomic E-state index is 12.6.